The Bertz CT molecular complexity index is 208. The number of nitrogens with one attached hydrogen (secondary N) is 1. The highest BCUT2D eigenvalue weighted by molar-refractivity contribution is 4.90. The minimum Gasteiger partial charge on any atom is -0.445 e. The zero-order chi connectivity index (χ0) is 8.10. The van der Waals surface area contributed by atoms with E-state index in [-0.39, 0.29) is 0 Å². The van der Waals surface area contributed by atoms with Gasteiger partial charge in [-0.3, -0.25) is 0 Å². The van der Waals surface area contributed by atoms with Crippen molar-refractivity contribution in [3.8, 4) is 0 Å². The van der Waals surface area contributed by atoms with Crippen LogP contribution in [0.1, 0.15) is 25.0 Å². The zero-order valence-electron chi connectivity index (χ0n) is 7.05. The summed E-state index contributed by atoms with van der Waals surface area (Å²) in [6.07, 6.45) is 2.88. The van der Waals surface area contributed by atoms with E-state index in [9.17, 15) is 0 Å². The lowest BCUT2D eigenvalue weighted by Crippen LogP contribution is -2.13. The number of hydrogen-bond acceptors (Lipinski definition) is 3. The summed E-state index contributed by atoms with van der Waals surface area (Å²) >= 11 is 0. The third-order valence-corrected chi connectivity index (χ3v) is 1.37. The number of oxazole rings is 1. The molecule has 1 aromatic heterocycles. The van der Waals surface area contributed by atoms with E-state index in [4.69, 9.17) is 4.42 Å². The van der Waals surface area contributed by atoms with Crippen molar-refractivity contribution < 1.29 is 4.42 Å². The van der Waals surface area contributed by atoms with Crippen molar-refractivity contribution in [1.29, 1.82) is 0 Å². The molecule has 0 atom stereocenters. The van der Waals surface area contributed by atoms with Gasteiger partial charge in [-0.1, -0.05) is 6.92 Å². The van der Waals surface area contributed by atoms with Crippen LogP contribution in [-0.4, -0.2) is 11.5 Å². The largest absolute Gasteiger partial charge is 0.445 e. The topological polar surface area (TPSA) is 38.1 Å². The van der Waals surface area contributed by atoms with Gasteiger partial charge in [-0.15, -0.1) is 0 Å². The molecule has 0 amide bonds. The Morgan fingerprint density at radius 1 is 1.64 bits per heavy atom. The molecule has 0 aromatic carbocycles. The van der Waals surface area contributed by atoms with Gasteiger partial charge in [0.05, 0.1) is 12.7 Å². The summed E-state index contributed by atoms with van der Waals surface area (Å²) in [7, 11) is 0. The van der Waals surface area contributed by atoms with Gasteiger partial charge in [0, 0.05) is 0 Å². The lowest BCUT2D eigenvalue weighted by molar-refractivity contribution is 0.449. The van der Waals surface area contributed by atoms with Crippen molar-refractivity contribution in [1.82, 2.24) is 10.3 Å². The summed E-state index contributed by atoms with van der Waals surface area (Å²) < 4.78 is 5.26. The van der Waals surface area contributed by atoms with E-state index in [1.54, 1.807) is 6.20 Å². The summed E-state index contributed by atoms with van der Waals surface area (Å²) in [5.41, 5.74) is 0. The third-order valence-electron chi connectivity index (χ3n) is 1.37. The highest BCUT2D eigenvalue weighted by Crippen LogP contribution is 1.99. The van der Waals surface area contributed by atoms with E-state index in [2.05, 4.69) is 17.2 Å². The SMILES string of the molecule is CCCNCc1ncc(C)o1. The van der Waals surface area contributed by atoms with Crippen LogP contribution in [0.4, 0.5) is 0 Å². The van der Waals surface area contributed by atoms with Crippen LogP contribution in [0.5, 0.6) is 0 Å². The van der Waals surface area contributed by atoms with Crippen LogP contribution in [0.3, 0.4) is 0 Å². The Labute approximate surface area is 66.8 Å². The molecule has 0 saturated heterocycles. The van der Waals surface area contributed by atoms with E-state index in [1.807, 2.05) is 6.92 Å². The van der Waals surface area contributed by atoms with Crippen molar-refractivity contribution >= 4 is 0 Å². The second-order valence-corrected chi connectivity index (χ2v) is 2.54. The van der Waals surface area contributed by atoms with Crippen molar-refractivity contribution in [2.24, 2.45) is 0 Å². The fourth-order valence-electron chi connectivity index (χ4n) is 0.855. The molecule has 0 bridgehead atoms. The first kappa shape index (κ1) is 8.27. The molecule has 11 heavy (non-hydrogen) atoms. The molecule has 1 aromatic rings. The number of aryl methyl sites for hydroxylation is 1. The van der Waals surface area contributed by atoms with Crippen LogP contribution in [0, 0.1) is 6.92 Å². The van der Waals surface area contributed by atoms with Crippen LogP contribution >= 0.6 is 0 Å². The molecule has 3 nitrogen and oxygen atoms in total. The monoisotopic (exact) mass is 154 g/mol. The predicted octanol–water partition coefficient (Wildman–Crippen LogP) is 1.48. The lowest BCUT2D eigenvalue weighted by atomic mass is 10.5. The van der Waals surface area contributed by atoms with E-state index in [0.717, 1.165) is 31.2 Å². The van der Waals surface area contributed by atoms with Gasteiger partial charge in [0.2, 0.25) is 5.89 Å². The molecule has 0 saturated carbocycles. The van der Waals surface area contributed by atoms with Gasteiger partial charge >= 0.3 is 0 Å². The molecule has 1 heterocycles. The maximum atomic E-state index is 5.26. The molecule has 0 fully saturated rings. The summed E-state index contributed by atoms with van der Waals surface area (Å²) in [6, 6.07) is 0. The number of nitrogens with zero attached hydrogens (tertiary/aromatic N) is 1. The van der Waals surface area contributed by atoms with Gasteiger partial charge < -0.3 is 9.73 Å². The fraction of sp³-hybridized carbons (Fsp3) is 0.625. The molecule has 0 radical (unpaired) electrons. The smallest absolute Gasteiger partial charge is 0.208 e. The zero-order valence-corrected chi connectivity index (χ0v) is 7.05. The second kappa shape index (κ2) is 4.13. The molecule has 0 aliphatic rings. The minimum absolute atomic E-state index is 0.738. The first-order valence-corrected chi connectivity index (χ1v) is 3.95. The number of hydrogen-bond donors (Lipinski definition) is 1. The van der Waals surface area contributed by atoms with Crippen molar-refractivity contribution in [2.45, 2.75) is 26.8 Å². The minimum atomic E-state index is 0.738. The summed E-state index contributed by atoms with van der Waals surface area (Å²) in [6.45, 7) is 5.78. The van der Waals surface area contributed by atoms with E-state index in [0.29, 0.717) is 0 Å². The lowest BCUT2D eigenvalue weighted by Gasteiger charge is -1.96. The highest BCUT2D eigenvalue weighted by atomic mass is 16.4. The molecule has 0 spiro atoms. The van der Waals surface area contributed by atoms with E-state index in [1.165, 1.54) is 0 Å². The van der Waals surface area contributed by atoms with Gasteiger partial charge in [-0.2, -0.15) is 0 Å². The quantitative estimate of drug-likeness (QED) is 0.667. The summed E-state index contributed by atoms with van der Waals surface area (Å²) in [5.74, 6) is 1.65. The molecule has 0 aliphatic carbocycles. The van der Waals surface area contributed by atoms with Crippen LogP contribution < -0.4 is 5.32 Å². The normalized spacial score (nSPS) is 10.4. The maximum absolute atomic E-state index is 5.26. The van der Waals surface area contributed by atoms with Crippen LogP contribution in [0.15, 0.2) is 10.6 Å². The van der Waals surface area contributed by atoms with E-state index < -0.39 is 0 Å². The summed E-state index contributed by atoms with van der Waals surface area (Å²) in [4.78, 5) is 4.06. The first-order chi connectivity index (χ1) is 5.33. The first-order valence-electron chi connectivity index (χ1n) is 3.95. The van der Waals surface area contributed by atoms with Gasteiger partial charge in [0.1, 0.15) is 5.76 Å². The number of rotatable bonds is 4. The Hall–Kier alpha value is -0.830. The van der Waals surface area contributed by atoms with Gasteiger partial charge in [0.25, 0.3) is 0 Å². The van der Waals surface area contributed by atoms with E-state index >= 15 is 0 Å². The third kappa shape index (κ3) is 2.72. The number of aromatic nitrogens is 1. The predicted molar refractivity (Wildman–Crippen MR) is 43.2 cm³/mol. The molecule has 0 unspecified atom stereocenters. The molecule has 1 N–H and O–H groups in total. The van der Waals surface area contributed by atoms with Crippen LogP contribution in [0.2, 0.25) is 0 Å². The standard InChI is InChI=1S/C8H14N2O/c1-3-4-9-6-8-10-5-7(2)11-8/h5,9H,3-4,6H2,1-2H3. The second-order valence-electron chi connectivity index (χ2n) is 2.54. The van der Waals surface area contributed by atoms with Crippen molar-refractivity contribution in [2.75, 3.05) is 6.54 Å². The molecule has 1 rings (SSSR count). The van der Waals surface area contributed by atoms with Crippen molar-refractivity contribution in [3.63, 3.8) is 0 Å². The van der Waals surface area contributed by atoms with Gasteiger partial charge in [-0.05, 0) is 19.9 Å². The maximum Gasteiger partial charge on any atom is 0.208 e. The Kier molecular flexibility index (Phi) is 3.11. The molecule has 3 heteroatoms. The Morgan fingerprint density at radius 3 is 3.00 bits per heavy atom. The Balaban J connectivity index is 2.27. The average Bonchev–Trinajstić information content (AvgIpc) is 2.37. The molecular formula is C8H14N2O. The average molecular weight is 154 g/mol. The molecular weight excluding hydrogens is 140 g/mol. The molecule has 62 valence electrons. The van der Waals surface area contributed by atoms with Crippen molar-refractivity contribution in [3.05, 3.63) is 17.8 Å². The Morgan fingerprint density at radius 2 is 2.45 bits per heavy atom. The highest BCUT2D eigenvalue weighted by Gasteiger charge is 1.97. The molecule has 0 aliphatic heterocycles. The van der Waals surface area contributed by atoms with Gasteiger partial charge in [-0.25, -0.2) is 4.98 Å². The van der Waals surface area contributed by atoms with Gasteiger partial charge in [0.15, 0.2) is 0 Å². The fourth-order valence-corrected chi connectivity index (χ4v) is 0.855. The van der Waals surface area contributed by atoms with Crippen LogP contribution in [-0.2, 0) is 6.54 Å². The summed E-state index contributed by atoms with van der Waals surface area (Å²) in [5, 5.41) is 3.21. The van der Waals surface area contributed by atoms with Crippen LogP contribution in [0.25, 0.3) is 0 Å².